The Morgan fingerprint density at radius 3 is 0.944 bits per heavy atom. The molecule has 0 N–H and O–H groups in total. The first-order chi connectivity index (χ1) is 35.7. The molecule has 12 aromatic carbocycles. The second-order valence-corrected chi connectivity index (χ2v) is 18.4. The zero-order valence-corrected chi connectivity index (χ0v) is 39.1. The van der Waals surface area contributed by atoms with E-state index in [1.165, 1.54) is 21.5 Å². The zero-order chi connectivity index (χ0) is 47.5. The molecule has 0 amide bonds. The lowest BCUT2D eigenvalue weighted by Crippen LogP contribution is -2.10. The van der Waals surface area contributed by atoms with E-state index in [1.807, 2.05) is 0 Å². The average Bonchev–Trinajstić information content (AvgIpc) is 4.04. The Hall–Kier alpha value is -9.64. The molecular weight excluding hydrogens is 877 g/mol. The van der Waals surface area contributed by atoms with Gasteiger partial charge in [-0.2, -0.15) is 0 Å². The van der Waals surface area contributed by atoms with Crippen molar-refractivity contribution >= 4 is 99.5 Å². The Balaban J connectivity index is 0.835. The molecule has 0 unspecified atom stereocenters. The highest BCUT2D eigenvalue weighted by atomic mass is 16.3. The molecule has 0 saturated carbocycles. The molecule has 72 heavy (non-hydrogen) atoms. The van der Waals surface area contributed by atoms with Gasteiger partial charge in [0.2, 0.25) is 0 Å². The molecule has 0 aliphatic carbocycles. The van der Waals surface area contributed by atoms with Crippen molar-refractivity contribution in [1.82, 2.24) is 0 Å². The maximum absolute atomic E-state index is 7.05. The molecule has 0 atom stereocenters. The number of anilines is 6. The van der Waals surface area contributed by atoms with Crippen molar-refractivity contribution in [2.75, 3.05) is 9.80 Å². The maximum atomic E-state index is 7.05. The van der Waals surface area contributed by atoms with Crippen molar-refractivity contribution in [3.05, 3.63) is 267 Å². The van der Waals surface area contributed by atoms with Gasteiger partial charge in [0.05, 0.1) is 11.4 Å². The monoisotopic (exact) mass is 920 g/mol. The number of hydrogen-bond donors (Lipinski definition) is 0. The third-order valence-electron chi connectivity index (χ3n) is 14.3. The van der Waals surface area contributed by atoms with Gasteiger partial charge in [0.1, 0.15) is 11.2 Å². The molecule has 0 spiro atoms. The van der Waals surface area contributed by atoms with E-state index in [0.29, 0.717) is 0 Å². The largest absolute Gasteiger partial charge is 0.453 e. The molecule has 4 heteroatoms. The molecule has 0 aliphatic heterocycles. The smallest absolute Gasteiger partial charge is 0.159 e. The first-order valence-corrected chi connectivity index (χ1v) is 24.5. The summed E-state index contributed by atoms with van der Waals surface area (Å²) in [5.74, 6) is 0. The second kappa shape index (κ2) is 17.1. The standard InChI is InChI=1S/C68H44N2O2/c1-3-21-49(22-4-1)69(63-35-15-33-61-59-31-13-29-57(65(59)71-67(61)63)55-27-11-19-47-17-7-9-25-53(47)55)51-41-37-45(38-42-51)46-39-43-52(44-40-46)70(50-23-5-2-6-24-50)64-36-16-34-62-60-32-14-30-58(66(60)72-68(62)64)56-28-12-20-48-18-8-10-26-54(48)56/h1-44H. The van der Waals surface area contributed by atoms with Gasteiger partial charge >= 0.3 is 0 Å². The second-order valence-electron chi connectivity index (χ2n) is 18.4. The van der Waals surface area contributed by atoms with Gasteiger partial charge in [-0.05, 0) is 104 Å². The topological polar surface area (TPSA) is 32.8 Å². The SMILES string of the molecule is c1ccc(N(c2ccc(-c3ccc(N(c4ccccc4)c4cccc5c4oc4c(-c6cccc7ccccc67)cccc45)cc3)cc2)c2cccc3c2oc2c(-c4cccc5ccccc45)cccc23)cc1. The summed E-state index contributed by atoms with van der Waals surface area (Å²) in [5, 5.41) is 9.16. The number of benzene rings is 12. The fraction of sp³-hybridized carbons (Fsp3) is 0. The van der Waals surface area contributed by atoms with Crippen LogP contribution in [0.4, 0.5) is 34.1 Å². The third-order valence-corrected chi connectivity index (χ3v) is 14.3. The fourth-order valence-electron chi connectivity index (χ4n) is 10.9. The normalized spacial score (nSPS) is 11.6. The van der Waals surface area contributed by atoms with E-state index < -0.39 is 0 Å². The molecular formula is C68H44N2O2. The van der Waals surface area contributed by atoms with Gasteiger partial charge in [-0.3, -0.25) is 0 Å². The first-order valence-electron chi connectivity index (χ1n) is 24.5. The molecule has 0 fully saturated rings. The minimum Gasteiger partial charge on any atom is -0.453 e. The molecule has 0 radical (unpaired) electrons. The van der Waals surface area contributed by atoms with Crippen LogP contribution in [0.2, 0.25) is 0 Å². The van der Waals surface area contributed by atoms with Crippen molar-refractivity contribution < 1.29 is 8.83 Å². The van der Waals surface area contributed by atoms with Crippen LogP contribution in [-0.2, 0) is 0 Å². The Kier molecular flexibility index (Phi) is 9.82. The van der Waals surface area contributed by atoms with Crippen LogP contribution in [0.15, 0.2) is 276 Å². The van der Waals surface area contributed by atoms with Crippen molar-refractivity contribution in [3.8, 4) is 33.4 Å². The van der Waals surface area contributed by atoms with E-state index in [4.69, 9.17) is 8.83 Å². The van der Waals surface area contributed by atoms with Crippen molar-refractivity contribution in [2.24, 2.45) is 0 Å². The van der Waals surface area contributed by atoms with Crippen molar-refractivity contribution in [3.63, 3.8) is 0 Å². The molecule has 2 aromatic heterocycles. The molecule has 14 rings (SSSR count). The van der Waals surface area contributed by atoms with Crippen LogP contribution in [-0.4, -0.2) is 0 Å². The van der Waals surface area contributed by atoms with Crippen LogP contribution < -0.4 is 9.80 Å². The zero-order valence-electron chi connectivity index (χ0n) is 39.1. The van der Waals surface area contributed by atoms with Crippen LogP contribution in [0.3, 0.4) is 0 Å². The number of fused-ring (bicyclic) bond motifs is 8. The minimum absolute atomic E-state index is 0.843. The van der Waals surface area contributed by atoms with Crippen LogP contribution in [0.25, 0.3) is 98.8 Å². The Morgan fingerprint density at radius 1 is 0.208 bits per heavy atom. The molecule has 0 bridgehead atoms. The van der Waals surface area contributed by atoms with Crippen LogP contribution in [0.1, 0.15) is 0 Å². The summed E-state index contributed by atoms with van der Waals surface area (Å²) in [4.78, 5) is 4.60. The van der Waals surface area contributed by atoms with Gasteiger partial charge < -0.3 is 18.6 Å². The molecule has 2 heterocycles. The first kappa shape index (κ1) is 41.3. The molecule has 0 saturated heterocycles. The summed E-state index contributed by atoms with van der Waals surface area (Å²) in [5.41, 5.74) is 16.3. The lowest BCUT2D eigenvalue weighted by molar-refractivity contribution is 0.670. The molecule has 14 aromatic rings. The Morgan fingerprint density at radius 2 is 0.514 bits per heavy atom. The van der Waals surface area contributed by atoms with Gasteiger partial charge in [0.25, 0.3) is 0 Å². The van der Waals surface area contributed by atoms with Crippen molar-refractivity contribution in [1.29, 1.82) is 0 Å². The van der Waals surface area contributed by atoms with E-state index >= 15 is 0 Å². The average molecular weight is 921 g/mol. The predicted molar refractivity (Wildman–Crippen MR) is 302 cm³/mol. The quantitative estimate of drug-likeness (QED) is 0.144. The molecule has 338 valence electrons. The number of rotatable bonds is 9. The van der Waals surface area contributed by atoms with Gasteiger partial charge in [-0.15, -0.1) is 0 Å². The molecule has 4 nitrogen and oxygen atoms in total. The lowest BCUT2D eigenvalue weighted by atomic mass is 9.96. The number of hydrogen-bond acceptors (Lipinski definition) is 4. The number of para-hydroxylation sites is 6. The summed E-state index contributed by atoms with van der Waals surface area (Å²) < 4.78 is 14.1. The molecule has 0 aliphatic rings. The van der Waals surface area contributed by atoms with Gasteiger partial charge in [0, 0.05) is 55.4 Å². The van der Waals surface area contributed by atoms with E-state index in [2.05, 4.69) is 277 Å². The van der Waals surface area contributed by atoms with Crippen LogP contribution in [0.5, 0.6) is 0 Å². The van der Waals surface area contributed by atoms with E-state index in [9.17, 15) is 0 Å². The highest BCUT2D eigenvalue weighted by Gasteiger charge is 2.23. The van der Waals surface area contributed by atoms with E-state index in [1.54, 1.807) is 0 Å². The summed E-state index contributed by atoms with van der Waals surface area (Å²) in [6.45, 7) is 0. The predicted octanol–water partition coefficient (Wildman–Crippen LogP) is 19.7. The minimum atomic E-state index is 0.843. The maximum Gasteiger partial charge on any atom is 0.159 e. The third kappa shape index (κ3) is 6.84. The highest BCUT2D eigenvalue weighted by molar-refractivity contribution is 6.17. The Labute approximate surface area is 416 Å². The van der Waals surface area contributed by atoms with E-state index in [-0.39, 0.29) is 0 Å². The van der Waals surface area contributed by atoms with E-state index in [0.717, 1.165) is 111 Å². The fourth-order valence-corrected chi connectivity index (χ4v) is 10.9. The van der Waals surface area contributed by atoms with Crippen molar-refractivity contribution in [2.45, 2.75) is 0 Å². The van der Waals surface area contributed by atoms with Crippen LogP contribution >= 0.6 is 0 Å². The summed E-state index contributed by atoms with van der Waals surface area (Å²) in [7, 11) is 0. The highest BCUT2D eigenvalue weighted by Crippen LogP contribution is 2.47. The summed E-state index contributed by atoms with van der Waals surface area (Å²) in [6.07, 6.45) is 0. The van der Waals surface area contributed by atoms with Gasteiger partial charge in [-0.25, -0.2) is 0 Å². The Bertz CT molecular complexity index is 4030. The number of furan rings is 2. The van der Waals surface area contributed by atoms with Crippen LogP contribution in [0, 0.1) is 0 Å². The lowest BCUT2D eigenvalue weighted by Gasteiger charge is -2.26. The van der Waals surface area contributed by atoms with Gasteiger partial charge in [0.15, 0.2) is 11.2 Å². The summed E-state index contributed by atoms with van der Waals surface area (Å²) >= 11 is 0. The number of nitrogens with zero attached hydrogens (tertiary/aromatic N) is 2. The summed E-state index contributed by atoms with van der Waals surface area (Å²) in [6, 6.07) is 94.9. The van der Waals surface area contributed by atoms with Gasteiger partial charge in [-0.1, -0.05) is 206 Å².